The van der Waals surface area contributed by atoms with E-state index in [9.17, 15) is 0 Å². The standard InChI is InChI=1S/C15H23N3S/c1-12-11-13(5-6-14(12)15(16)19)17-7-10-18-8-3-2-4-9-18/h5-6,11,17H,2-4,7-10H2,1H3,(H2,16,19). The van der Waals surface area contributed by atoms with E-state index in [4.69, 9.17) is 18.0 Å². The van der Waals surface area contributed by atoms with Gasteiger partial charge in [0.05, 0.1) is 0 Å². The summed E-state index contributed by atoms with van der Waals surface area (Å²) in [6.07, 6.45) is 4.09. The molecule has 0 unspecified atom stereocenters. The molecule has 1 fully saturated rings. The predicted octanol–water partition coefficient (Wildman–Crippen LogP) is 2.53. The lowest BCUT2D eigenvalue weighted by atomic mass is 10.1. The van der Waals surface area contributed by atoms with Gasteiger partial charge in [0.15, 0.2) is 0 Å². The van der Waals surface area contributed by atoms with Crippen molar-refractivity contribution in [1.29, 1.82) is 0 Å². The molecule has 2 rings (SSSR count). The molecule has 1 saturated heterocycles. The third-order valence-corrected chi connectivity index (χ3v) is 3.92. The van der Waals surface area contributed by atoms with Crippen molar-refractivity contribution in [2.45, 2.75) is 26.2 Å². The molecule has 3 N–H and O–H groups in total. The van der Waals surface area contributed by atoms with Gasteiger partial charge in [0.25, 0.3) is 0 Å². The number of anilines is 1. The second kappa shape index (κ2) is 6.87. The minimum atomic E-state index is 0.470. The molecule has 0 saturated carbocycles. The highest BCUT2D eigenvalue weighted by molar-refractivity contribution is 7.80. The van der Waals surface area contributed by atoms with E-state index in [0.29, 0.717) is 4.99 Å². The first-order chi connectivity index (χ1) is 9.16. The van der Waals surface area contributed by atoms with Gasteiger partial charge in [-0.3, -0.25) is 0 Å². The van der Waals surface area contributed by atoms with Crippen LogP contribution >= 0.6 is 12.2 Å². The minimum absolute atomic E-state index is 0.470. The summed E-state index contributed by atoms with van der Waals surface area (Å²) in [5.74, 6) is 0. The maximum Gasteiger partial charge on any atom is 0.104 e. The Labute approximate surface area is 121 Å². The fourth-order valence-electron chi connectivity index (χ4n) is 2.59. The van der Waals surface area contributed by atoms with Crippen LogP contribution in [0, 0.1) is 6.92 Å². The zero-order chi connectivity index (χ0) is 13.7. The van der Waals surface area contributed by atoms with Gasteiger partial charge in [-0.05, 0) is 56.6 Å². The number of nitrogens with two attached hydrogens (primary N) is 1. The molecular weight excluding hydrogens is 254 g/mol. The number of nitrogens with one attached hydrogen (secondary N) is 1. The van der Waals surface area contributed by atoms with E-state index in [1.54, 1.807) is 0 Å². The summed E-state index contributed by atoms with van der Waals surface area (Å²) in [6.45, 7) is 6.66. The smallest absolute Gasteiger partial charge is 0.104 e. The molecule has 4 heteroatoms. The number of likely N-dealkylation sites (tertiary alicyclic amines) is 1. The van der Waals surface area contributed by atoms with Gasteiger partial charge < -0.3 is 16.0 Å². The van der Waals surface area contributed by atoms with Crippen LogP contribution in [0.15, 0.2) is 18.2 Å². The summed E-state index contributed by atoms with van der Waals surface area (Å²) < 4.78 is 0. The Bertz CT molecular complexity index is 439. The molecule has 1 aliphatic heterocycles. The van der Waals surface area contributed by atoms with Crippen LogP contribution in [0.5, 0.6) is 0 Å². The summed E-state index contributed by atoms with van der Waals surface area (Å²) in [4.78, 5) is 3.00. The van der Waals surface area contributed by atoms with Crippen molar-refractivity contribution in [3.8, 4) is 0 Å². The van der Waals surface area contributed by atoms with E-state index in [2.05, 4.69) is 22.3 Å². The second-order valence-electron chi connectivity index (χ2n) is 5.22. The van der Waals surface area contributed by atoms with Crippen LogP contribution in [0.2, 0.25) is 0 Å². The van der Waals surface area contributed by atoms with E-state index in [-0.39, 0.29) is 0 Å². The Morgan fingerprint density at radius 3 is 2.68 bits per heavy atom. The fraction of sp³-hybridized carbons (Fsp3) is 0.533. The lowest BCUT2D eigenvalue weighted by Gasteiger charge is -2.26. The molecule has 0 aromatic heterocycles. The van der Waals surface area contributed by atoms with Crippen LogP contribution in [0.3, 0.4) is 0 Å². The van der Waals surface area contributed by atoms with Crippen molar-refractivity contribution in [3.05, 3.63) is 29.3 Å². The van der Waals surface area contributed by atoms with Crippen LogP contribution in [-0.2, 0) is 0 Å². The molecule has 104 valence electrons. The number of thiocarbonyl (C=S) groups is 1. The molecule has 19 heavy (non-hydrogen) atoms. The third-order valence-electron chi connectivity index (χ3n) is 3.70. The third kappa shape index (κ3) is 4.18. The van der Waals surface area contributed by atoms with E-state index >= 15 is 0 Å². The maximum atomic E-state index is 5.67. The van der Waals surface area contributed by atoms with Gasteiger partial charge in [-0.25, -0.2) is 0 Å². The number of hydrogen-bond donors (Lipinski definition) is 2. The van der Waals surface area contributed by atoms with Gasteiger partial charge in [0, 0.05) is 24.3 Å². The lowest BCUT2D eigenvalue weighted by Crippen LogP contribution is -2.33. The zero-order valence-corrected chi connectivity index (χ0v) is 12.4. The topological polar surface area (TPSA) is 41.3 Å². The Balaban J connectivity index is 1.82. The summed E-state index contributed by atoms with van der Waals surface area (Å²) in [7, 11) is 0. The minimum Gasteiger partial charge on any atom is -0.389 e. The van der Waals surface area contributed by atoms with Gasteiger partial charge in [-0.2, -0.15) is 0 Å². The monoisotopic (exact) mass is 277 g/mol. The molecule has 0 atom stereocenters. The SMILES string of the molecule is Cc1cc(NCCN2CCCCC2)ccc1C(N)=S. The van der Waals surface area contributed by atoms with Gasteiger partial charge in [-0.15, -0.1) is 0 Å². The van der Waals surface area contributed by atoms with Crippen LogP contribution in [0.4, 0.5) is 5.69 Å². The molecule has 1 heterocycles. The van der Waals surface area contributed by atoms with Gasteiger partial charge in [0.2, 0.25) is 0 Å². The number of nitrogens with zero attached hydrogens (tertiary/aromatic N) is 1. The normalized spacial score (nSPS) is 16.3. The molecule has 0 amide bonds. The maximum absolute atomic E-state index is 5.67. The fourth-order valence-corrected chi connectivity index (χ4v) is 2.82. The second-order valence-corrected chi connectivity index (χ2v) is 5.66. The molecule has 1 aromatic rings. The quantitative estimate of drug-likeness (QED) is 0.812. The number of hydrogen-bond acceptors (Lipinski definition) is 3. The molecule has 0 radical (unpaired) electrons. The Morgan fingerprint density at radius 2 is 2.05 bits per heavy atom. The van der Waals surface area contributed by atoms with Crippen molar-refractivity contribution < 1.29 is 0 Å². The Hall–Kier alpha value is -1.13. The number of rotatable bonds is 5. The first kappa shape index (κ1) is 14.3. The predicted molar refractivity (Wildman–Crippen MR) is 85.8 cm³/mol. The summed E-state index contributed by atoms with van der Waals surface area (Å²) in [5.41, 5.74) is 8.92. The van der Waals surface area contributed by atoms with Crippen LogP contribution < -0.4 is 11.1 Å². The summed E-state index contributed by atoms with van der Waals surface area (Å²) >= 11 is 5.02. The molecule has 0 bridgehead atoms. The van der Waals surface area contributed by atoms with Gasteiger partial charge in [0.1, 0.15) is 4.99 Å². The highest BCUT2D eigenvalue weighted by atomic mass is 32.1. The zero-order valence-electron chi connectivity index (χ0n) is 11.6. The molecule has 3 nitrogen and oxygen atoms in total. The van der Waals surface area contributed by atoms with Gasteiger partial charge in [-0.1, -0.05) is 18.6 Å². The number of aryl methyl sites for hydroxylation is 1. The van der Waals surface area contributed by atoms with Crippen LogP contribution in [0.25, 0.3) is 0 Å². The first-order valence-corrected chi connectivity index (χ1v) is 7.44. The molecular formula is C15H23N3S. The molecule has 0 spiro atoms. The van der Waals surface area contributed by atoms with Crippen molar-refractivity contribution in [2.24, 2.45) is 5.73 Å². The van der Waals surface area contributed by atoms with Gasteiger partial charge >= 0.3 is 0 Å². The molecule has 1 aromatic carbocycles. The van der Waals surface area contributed by atoms with Crippen molar-refractivity contribution in [1.82, 2.24) is 4.90 Å². The van der Waals surface area contributed by atoms with Crippen molar-refractivity contribution in [3.63, 3.8) is 0 Å². The Kier molecular flexibility index (Phi) is 5.16. The van der Waals surface area contributed by atoms with E-state index in [1.807, 2.05) is 13.0 Å². The lowest BCUT2D eigenvalue weighted by molar-refractivity contribution is 0.237. The molecule has 0 aliphatic carbocycles. The summed E-state index contributed by atoms with van der Waals surface area (Å²) in [5, 5.41) is 3.47. The highest BCUT2D eigenvalue weighted by Gasteiger charge is 2.09. The van der Waals surface area contributed by atoms with Crippen LogP contribution in [-0.4, -0.2) is 36.1 Å². The summed E-state index contributed by atoms with van der Waals surface area (Å²) in [6, 6.07) is 6.17. The average Bonchev–Trinajstić information content (AvgIpc) is 2.39. The van der Waals surface area contributed by atoms with Crippen LogP contribution in [0.1, 0.15) is 30.4 Å². The largest absolute Gasteiger partial charge is 0.389 e. The van der Waals surface area contributed by atoms with E-state index in [0.717, 1.165) is 29.9 Å². The van der Waals surface area contributed by atoms with E-state index < -0.39 is 0 Å². The average molecular weight is 277 g/mol. The Morgan fingerprint density at radius 1 is 1.32 bits per heavy atom. The first-order valence-electron chi connectivity index (χ1n) is 7.03. The van der Waals surface area contributed by atoms with E-state index in [1.165, 1.54) is 32.4 Å². The number of piperidine rings is 1. The molecule has 1 aliphatic rings. The van der Waals surface area contributed by atoms with Crippen molar-refractivity contribution >= 4 is 22.9 Å². The van der Waals surface area contributed by atoms with Crippen molar-refractivity contribution in [2.75, 3.05) is 31.5 Å². The highest BCUT2D eigenvalue weighted by Crippen LogP contribution is 2.15. The number of benzene rings is 1.